The van der Waals surface area contributed by atoms with E-state index in [4.69, 9.17) is 0 Å². The Balaban J connectivity index is 1.70. The van der Waals surface area contributed by atoms with E-state index in [2.05, 4.69) is 0 Å². The van der Waals surface area contributed by atoms with Crippen molar-refractivity contribution in [2.45, 2.75) is 28.7 Å². The molecule has 2 aromatic rings. The lowest BCUT2D eigenvalue weighted by atomic mass is 10.2. The van der Waals surface area contributed by atoms with Crippen molar-refractivity contribution in [2.75, 3.05) is 13.1 Å². The summed E-state index contributed by atoms with van der Waals surface area (Å²) in [4.78, 5) is 0.216. The normalized spacial score (nSPS) is 17.1. The molecule has 0 bridgehead atoms. The van der Waals surface area contributed by atoms with Gasteiger partial charge in [-0.2, -0.15) is 0 Å². The molecule has 5 nitrogen and oxygen atoms in total. The van der Waals surface area contributed by atoms with Gasteiger partial charge in [0.2, 0.25) is 10.0 Å². The van der Waals surface area contributed by atoms with Crippen LogP contribution in [0.15, 0.2) is 53.4 Å². The van der Waals surface area contributed by atoms with E-state index in [1.165, 1.54) is 12.1 Å². The van der Waals surface area contributed by atoms with Crippen molar-refractivity contribution in [3.05, 3.63) is 65.7 Å². The zero-order chi connectivity index (χ0) is 19.7. The Morgan fingerprint density at radius 2 is 1.56 bits per heavy atom. The first-order valence-corrected chi connectivity index (χ1v) is 11.6. The molecule has 146 valence electrons. The summed E-state index contributed by atoms with van der Waals surface area (Å²) in [5.74, 6) is -2.16. The monoisotopic (exact) mass is 415 g/mol. The van der Waals surface area contributed by atoms with Crippen molar-refractivity contribution in [2.24, 2.45) is 0 Å². The van der Waals surface area contributed by atoms with Crippen molar-refractivity contribution in [1.82, 2.24) is 4.31 Å². The Kier molecular flexibility index (Phi) is 5.64. The van der Waals surface area contributed by atoms with Gasteiger partial charge in [-0.25, -0.2) is 29.9 Å². The molecular weight excluding hydrogens is 396 g/mol. The molecule has 0 saturated carbocycles. The Morgan fingerprint density at radius 3 is 2.19 bits per heavy atom. The van der Waals surface area contributed by atoms with Gasteiger partial charge in [-0.05, 0) is 43.2 Å². The van der Waals surface area contributed by atoms with Gasteiger partial charge >= 0.3 is 0 Å². The van der Waals surface area contributed by atoms with Crippen LogP contribution in [-0.2, 0) is 25.6 Å². The second-order valence-electron chi connectivity index (χ2n) is 6.45. The van der Waals surface area contributed by atoms with E-state index >= 15 is 0 Å². The van der Waals surface area contributed by atoms with Crippen LogP contribution in [0.25, 0.3) is 0 Å². The minimum atomic E-state index is -3.88. The SMILES string of the molecule is O=S(=O)(c1ccccc1)C1CCN(S(=O)(=O)Cc2cc(F)ccc2F)CC1. The molecule has 0 unspecified atom stereocenters. The van der Waals surface area contributed by atoms with Gasteiger partial charge in [-0.1, -0.05) is 18.2 Å². The molecule has 9 heteroatoms. The first kappa shape index (κ1) is 19.9. The van der Waals surface area contributed by atoms with E-state index in [0.717, 1.165) is 22.5 Å². The Labute approximate surface area is 157 Å². The maximum Gasteiger partial charge on any atom is 0.218 e. The third-order valence-electron chi connectivity index (χ3n) is 4.65. The predicted octanol–water partition coefficient (Wildman–Crippen LogP) is 2.73. The van der Waals surface area contributed by atoms with Crippen LogP contribution in [-0.4, -0.2) is 39.5 Å². The third-order valence-corrected chi connectivity index (χ3v) is 8.76. The van der Waals surface area contributed by atoms with Gasteiger partial charge in [-0.15, -0.1) is 0 Å². The summed E-state index contributed by atoms with van der Waals surface area (Å²) in [5, 5.41) is -0.669. The number of nitrogens with zero attached hydrogens (tertiary/aromatic N) is 1. The predicted molar refractivity (Wildman–Crippen MR) is 97.2 cm³/mol. The first-order valence-electron chi connectivity index (χ1n) is 8.41. The lowest BCUT2D eigenvalue weighted by Crippen LogP contribution is -2.43. The molecule has 3 rings (SSSR count). The van der Waals surface area contributed by atoms with Crippen LogP contribution in [0.2, 0.25) is 0 Å². The average molecular weight is 415 g/mol. The summed E-state index contributed by atoms with van der Waals surface area (Å²) in [6.45, 7) is 0.0476. The molecule has 27 heavy (non-hydrogen) atoms. The summed E-state index contributed by atoms with van der Waals surface area (Å²) in [7, 11) is -7.41. The molecule has 0 aromatic heterocycles. The molecule has 0 aliphatic carbocycles. The molecule has 0 N–H and O–H groups in total. The lowest BCUT2D eigenvalue weighted by Gasteiger charge is -2.31. The van der Waals surface area contributed by atoms with E-state index in [1.807, 2.05) is 0 Å². The zero-order valence-electron chi connectivity index (χ0n) is 14.4. The molecular formula is C18H19F2NO4S2. The number of hydrogen-bond acceptors (Lipinski definition) is 4. The van der Waals surface area contributed by atoms with Crippen LogP contribution in [0.4, 0.5) is 8.78 Å². The van der Waals surface area contributed by atoms with Crippen molar-refractivity contribution in [3.8, 4) is 0 Å². The topological polar surface area (TPSA) is 71.5 Å². The van der Waals surface area contributed by atoms with Crippen LogP contribution >= 0.6 is 0 Å². The fourth-order valence-electron chi connectivity index (χ4n) is 3.16. The Morgan fingerprint density at radius 1 is 0.926 bits per heavy atom. The molecule has 1 saturated heterocycles. The van der Waals surface area contributed by atoms with Crippen LogP contribution in [0.1, 0.15) is 18.4 Å². The number of sulfonamides is 1. The summed E-state index contributed by atoms with van der Waals surface area (Å²) in [5.41, 5.74) is -0.242. The van der Waals surface area contributed by atoms with E-state index in [-0.39, 0.29) is 36.4 Å². The number of sulfone groups is 1. The number of piperidine rings is 1. The van der Waals surface area contributed by atoms with E-state index < -0.39 is 42.5 Å². The van der Waals surface area contributed by atoms with Crippen molar-refractivity contribution >= 4 is 19.9 Å². The van der Waals surface area contributed by atoms with Gasteiger partial charge in [0.1, 0.15) is 11.6 Å². The standard InChI is InChI=1S/C18H19F2NO4S2/c19-15-6-7-18(20)14(12-15)13-26(22,23)21-10-8-17(9-11-21)27(24,25)16-4-2-1-3-5-16/h1-7,12,17H,8-11,13H2. The smallest absolute Gasteiger partial charge is 0.218 e. The highest BCUT2D eigenvalue weighted by atomic mass is 32.2. The second-order valence-corrected chi connectivity index (χ2v) is 10.6. The van der Waals surface area contributed by atoms with Crippen molar-refractivity contribution in [3.63, 3.8) is 0 Å². The fourth-order valence-corrected chi connectivity index (χ4v) is 6.48. The molecule has 2 aromatic carbocycles. The zero-order valence-corrected chi connectivity index (χ0v) is 16.0. The maximum absolute atomic E-state index is 13.7. The van der Waals surface area contributed by atoms with Crippen LogP contribution in [0.3, 0.4) is 0 Å². The van der Waals surface area contributed by atoms with Crippen LogP contribution < -0.4 is 0 Å². The molecule has 0 amide bonds. The minimum absolute atomic E-state index is 0.0238. The second kappa shape index (κ2) is 7.65. The first-order chi connectivity index (χ1) is 12.7. The van der Waals surface area contributed by atoms with Gasteiger partial charge in [0.25, 0.3) is 0 Å². The molecule has 0 radical (unpaired) electrons. The molecule has 1 aliphatic rings. The van der Waals surface area contributed by atoms with Gasteiger partial charge in [-0.3, -0.25) is 0 Å². The lowest BCUT2D eigenvalue weighted by molar-refractivity contribution is 0.345. The number of hydrogen-bond donors (Lipinski definition) is 0. The van der Waals surface area contributed by atoms with Crippen LogP contribution in [0.5, 0.6) is 0 Å². The van der Waals surface area contributed by atoms with Crippen LogP contribution in [0, 0.1) is 11.6 Å². The van der Waals surface area contributed by atoms with E-state index in [1.54, 1.807) is 18.2 Å². The van der Waals surface area contributed by atoms with Gasteiger partial charge in [0, 0.05) is 18.7 Å². The third kappa shape index (κ3) is 4.36. The number of rotatable bonds is 5. The number of benzene rings is 2. The van der Waals surface area contributed by atoms with Crippen molar-refractivity contribution < 1.29 is 25.6 Å². The van der Waals surface area contributed by atoms with Gasteiger partial charge in [0.15, 0.2) is 9.84 Å². The summed E-state index contributed by atoms with van der Waals surface area (Å²) in [6.07, 6.45) is 0.310. The highest BCUT2D eigenvalue weighted by Gasteiger charge is 2.35. The largest absolute Gasteiger partial charge is 0.223 e. The minimum Gasteiger partial charge on any atom is -0.223 e. The highest BCUT2D eigenvalue weighted by Crippen LogP contribution is 2.27. The summed E-state index contributed by atoms with van der Waals surface area (Å²) < 4.78 is 78.5. The molecule has 0 spiro atoms. The Hall–Kier alpha value is -1.84. The average Bonchev–Trinajstić information content (AvgIpc) is 2.65. The molecule has 1 fully saturated rings. The van der Waals surface area contributed by atoms with Gasteiger partial charge < -0.3 is 0 Å². The van der Waals surface area contributed by atoms with E-state index in [0.29, 0.717) is 0 Å². The number of halogens is 2. The quantitative estimate of drug-likeness (QED) is 0.753. The molecule has 1 heterocycles. The van der Waals surface area contributed by atoms with E-state index in [9.17, 15) is 25.6 Å². The maximum atomic E-state index is 13.7. The Bertz CT molecular complexity index is 1020. The molecule has 1 aliphatic heterocycles. The highest BCUT2D eigenvalue weighted by molar-refractivity contribution is 7.92. The van der Waals surface area contributed by atoms with Gasteiger partial charge in [0.05, 0.1) is 15.9 Å². The fraction of sp³-hybridized carbons (Fsp3) is 0.333. The summed E-state index contributed by atoms with van der Waals surface area (Å²) >= 11 is 0. The summed E-state index contributed by atoms with van der Waals surface area (Å²) in [6, 6.07) is 10.7. The molecule has 0 atom stereocenters. The van der Waals surface area contributed by atoms with Crippen molar-refractivity contribution in [1.29, 1.82) is 0 Å².